The van der Waals surface area contributed by atoms with E-state index in [1.807, 2.05) is 36.4 Å². The predicted octanol–water partition coefficient (Wildman–Crippen LogP) is 4.09. The fourth-order valence-corrected chi connectivity index (χ4v) is 4.49. The van der Waals surface area contributed by atoms with E-state index in [1.165, 1.54) is 30.4 Å². The highest BCUT2D eigenvalue weighted by atomic mass is 32.2. The highest BCUT2D eigenvalue weighted by Crippen LogP contribution is 2.31. The number of likely N-dealkylation sites (N-methyl/N-ethyl adjacent to an activating group) is 1. The number of esters is 1. The Hall–Kier alpha value is -2.02. The van der Waals surface area contributed by atoms with Crippen molar-refractivity contribution in [2.75, 3.05) is 34.4 Å². The third kappa shape index (κ3) is 5.50. The Bertz CT molecular complexity index is 764. The van der Waals surface area contributed by atoms with Crippen LogP contribution >= 0.6 is 11.9 Å². The van der Waals surface area contributed by atoms with Crippen LogP contribution in [0.5, 0.6) is 5.75 Å². The third-order valence-electron chi connectivity index (χ3n) is 5.00. The average Bonchev–Trinajstić information content (AvgIpc) is 2.73. The number of piperidine rings is 1. The zero-order chi connectivity index (χ0) is 19.9. The minimum Gasteiger partial charge on any atom is -0.497 e. The molecular weight excluding hydrogens is 372 g/mol. The number of hydrogen-bond acceptors (Lipinski definition) is 6. The topological polar surface area (TPSA) is 42.0 Å². The van der Waals surface area contributed by atoms with Crippen LogP contribution in [0.15, 0.2) is 53.4 Å². The van der Waals surface area contributed by atoms with E-state index < -0.39 is 0 Å². The molecule has 1 saturated heterocycles. The van der Waals surface area contributed by atoms with Crippen LogP contribution in [0.1, 0.15) is 28.8 Å². The molecule has 0 spiro atoms. The second-order valence-corrected chi connectivity index (χ2v) is 8.21. The van der Waals surface area contributed by atoms with E-state index in [1.54, 1.807) is 19.1 Å². The number of carbonyl (C=O) groups is 1. The molecule has 28 heavy (non-hydrogen) atoms. The summed E-state index contributed by atoms with van der Waals surface area (Å²) in [6, 6.07) is 16.4. The normalized spacial score (nSPS) is 17.5. The summed E-state index contributed by atoms with van der Waals surface area (Å²) >= 11 is 1.79. The minimum absolute atomic E-state index is 0.301. The van der Waals surface area contributed by atoms with Crippen molar-refractivity contribution in [3.05, 3.63) is 59.7 Å². The molecule has 2 aromatic rings. The van der Waals surface area contributed by atoms with Gasteiger partial charge in [0.1, 0.15) is 5.75 Å². The van der Waals surface area contributed by atoms with Crippen LogP contribution in [0, 0.1) is 0 Å². The zero-order valence-electron chi connectivity index (χ0n) is 16.8. The van der Waals surface area contributed by atoms with Crippen LogP contribution < -0.4 is 4.74 Å². The molecule has 1 aliphatic rings. The van der Waals surface area contributed by atoms with Crippen molar-refractivity contribution in [2.24, 2.45) is 0 Å². The molecule has 1 unspecified atom stereocenters. The maximum atomic E-state index is 11.7. The Balaban J connectivity index is 1.75. The molecule has 6 heteroatoms. The summed E-state index contributed by atoms with van der Waals surface area (Å²) in [4.78, 5) is 15.3. The van der Waals surface area contributed by atoms with E-state index in [0.29, 0.717) is 11.6 Å². The van der Waals surface area contributed by atoms with Gasteiger partial charge in [0.05, 0.1) is 19.8 Å². The number of nitrogens with zero attached hydrogens (tertiary/aromatic N) is 2. The molecule has 5 nitrogen and oxygen atoms in total. The molecular formula is C22H28N2O3S. The SMILES string of the molecule is COC(=O)c1ccc(CN(Sc2ccc(OC)cc2)C2CCCN(C)C2)cc1. The second-order valence-electron chi connectivity index (χ2n) is 7.09. The lowest BCUT2D eigenvalue weighted by molar-refractivity contribution is 0.0600. The Kier molecular flexibility index (Phi) is 7.36. The second kappa shape index (κ2) is 9.96. The summed E-state index contributed by atoms with van der Waals surface area (Å²) in [5.41, 5.74) is 1.76. The van der Waals surface area contributed by atoms with Gasteiger partial charge >= 0.3 is 5.97 Å². The first-order chi connectivity index (χ1) is 13.6. The van der Waals surface area contributed by atoms with Gasteiger partial charge in [0.2, 0.25) is 0 Å². The van der Waals surface area contributed by atoms with Gasteiger partial charge in [0.15, 0.2) is 0 Å². The first-order valence-electron chi connectivity index (χ1n) is 9.53. The van der Waals surface area contributed by atoms with Crippen molar-refractivity contribution in [1.82, 2.24) is 9.21 Å². The largest absolute Gasteiger partial charge is 0.497 e. The number of methoxy groups -OCH3 is 2. The van der Waals surface area contributed by atoms with E-state index in [-0.39, 0.29) is 5.97 Å². The summed E-state index contributed by atoms with van der Waals surface area (Å²) in [6.07, 6.45) is 2.40. The molecule has 1 aliphatic heterocycles. The van der Waals surface area contributed by atoms with E-state index in [9.17, 15) is 4.79 Å². The van der Waals surface area contributed by atoms with Crippen molar-refractivity contribution in [2.45, 2.75) is 30.3 Å². The zero-order valence-corrected chi connectivity index (χ0v) is 17.6. The molecule has 1 atom stereocenters. The van der Waals surface area contributed by atoms with E-state index in [4.69, 9.17) is 9.47 Å². The Morgan fingerprint density at radius 3 is 2.46 bits per heavy atom. The number of rotatable bonds is 7. The Labute approximate surface area is 171 Å². The summed E-state index contributed by atoms with van der Waals surface area (Å²) in [6.45, 7) is 3.03. The van der Waals surface area contributed by atoms with Gasteiger partial charge in [-0.05, 0) is 80.3 Å². The standard InChI is InChI=1S/C22H28N2O3S/c1-23-14-4-5-19(16-23)24(28-21-12-10-20(26-2)11-13-21)15-17-6-8-18(9-7-17)22(25)27-3/h6-13,19H,4-5,14-16H2,1-3H3. The van der Waals surface area contributed by atoms with Gasteiger partial charge in [-0.15, -0.1) is 0 Å². The summed E-state index contributed by atoms with van der Waals surface area (Å²) in [5.74, 6) is 0.566. The number of benzene rings is 2. The van der Waals surface area contributed by atoms with Gasteiger partial charge in [0.25, 0.3) is 0 Å². The van der Waals surface area contributed by atoms with Crippen LogP contribution in [0.3, 0.4) is 0 Å². The van der Waals surface area contributed by atoms with E-state index in [0.717, 1.165) is 25.4 Å². The Morgan fingerprint density at radius 1 is 1.14 bits per heavy atom. The fourth-order valence-electron chi connectivity index (χ4n) is 3.43. The lowest BCUT2D eigenvalue weighted by Gasteiger charge is -2.37. The lowest BCUT2D eigenvalue weighted by Crippen LogP contribution is -2.43. The molecule has 0 aliphatic carbocycles. The van der Waals surface area contributed by atoms with E-state index >= 15 is 0 Å². The number of likely N-dealkylation sites (tertiary alicyclic amines) is 1. The van der Waals surface area contributed by atoms with Crippen LogP contribution in [0.2, 0.25) is 0 Å². The van der Waals surface area contributed by atoms with Gasteiger partial charge in [-0.2, -0.15) is 0 Å². The molecule has 0 aromatic heterocycles. The molecule has 0 saturated carbocycles. The van der Waals surface area contributed by atoms with Gasteiger partial charge in [0, 0.05) is 24.0 Å². The van der Waals surface area contributed by atoms with Crippen LogP contribution in [-0.2, 0) is 11.3 Å². The van der Waals surface area contributed by atoms with Crippen molar-refractivity contribution in [3.63, 3.8) is 0 Å². The number of ether oxygens (including phenoxy) is 2. The van der Waals surface area contributed by atoms with Gasteiger partial charge in [-0.25, -0.2) is 9.10 Å². The molecule has 150 valence electrons. The maximum Gasteiger partial charge on any atom is 0.337 e. The first-order valence-corrected chi connectivity index (χ1v) is 10.3. The predicted molar refractivity (Wildman–Crippen MR) is 113 cm³/mol. The van der Waals surface area contributed by atoms with Crippen molar-refractivity contribution < 1.29 is 14.3 Å². The Morgan fingerprint density at radius 2 is 1.86 bits per heavy atom. The minimum atomic E-state index is -0.301. The van der Waals surface area contributed by atoms with Gasteiger partial charge in [-0.1, -0.05) is 12.1 Å². The summed E-state index contributed by atoms with van der Waals surface area (Å²) in [5, 5.41) is 0. The summed E-state index contributed by atoms with van der Waals surface area (Å²) < 4.78 is 12.5. The summed E-state index contributed by atoms with van der Waals surface area (Å²) in [7, 11) is 5.28. The molecule has 1 heterocycles. The number of hydrogen-bond donors (Lipinski definition) is 0. The fraction of sp³-hybridized carbons (Fsp3) is 0.409. The molecule has 1 fully saturated rings. The average molecular weight is 401 g/mol. The maximum absolute atomic E-state index is 11.7. The molecule has 0 bridgehead atoms. The van der Waals surface area contributed by atoms with Gasteiger partial charge in [-0.3, -0.25) is 0 Å². The monoisotopic (exact) mass is 400 g/mol. The van der Waals surface area contributed by atoms with E-state index in [2.05, 4.69) is 28.4 Å². The molecule has 2 aromatic carbocycles. The number of carbonyl (C=O) groups excluding carboxylic acids is 1. The quantitative estimate of drug-likeness (QED) is 0.515. The lowest BCUT2D eigenvalue weighted by atomic mass is 10.1. The van der Waals surface area contributed by atoms with Crippen LogP contribution in [0.25, 0.3) is 0 Å². The smallest absolute Gasteiger partial charge is 0.337 e. The molecule has 0 N–H and O–H groups in total. The van der Waals surface area contributed by atoms with Gasteiger partial charge < -0.3 is 14.4 Å². The van der Waals surface area contributed by atoms with Crippen LogP contribution in [-0.4, -0.2) is 55.6 Å². The highest BCUT2D eigenvalue weighted by molar-refractivity contribution is 7.97. The van der Waals surface area contributed by atoms with Crippen LogP contribution in [0.4, 0.5) is 0 Å². The first kappa shape index (κ1) is 20.7. The molecule has 0 radical (unpaired) electrons. The van der Waals surface area contributed by atoms with Crippen molar-refractivity contribution in [1.29, 1.82) is 0 Å². The third-order valence-corrected chi connectivity index (χ3v) is 6.15. The molecule has 3 rings (SSSR count). The molecule has 0 amide bonds. The highest BCUT2D eigenvalue weighted by Gasteiger charge is 2.25. The van der Waals surface area contributed by atoms with Crippen molar-refractivity contribution >= 4 is 17.9 Å². The van der Waals surface area contributed by atoms with Crippen molar-refractivity contribution in [3.8, 4) is 5.75 Å².